The van der Waals surface area contributed by atoms with Crippen molar-refractivity contribution < 1.29 is 5.11 Å². The van der Waals surface area contributed by atoms with E-state index >= 15 is 0 Å². The molecule has 1 aliphatic heterocycles. The summed E-state index contributed by atoms with van der Waals surface area (Å²) in [5.74, 6) is 0.623. The lowest BCUT2D eigenvalue weighted by Crippen LogP contribution is -2.29. The Balaban J connectivity index is 1.98. The zero-order valence-electron chi connectivity index (χ0n) is 8.70. The average Bonchev–Trinajstić information content (AvgIpc) is 2.61. The van der Waals surface area contributed by atoms with Crippen LogP contribution >= 0.6 is 11.8 Å². The highest BCUT2D eigenvalue weighted by Gasteiger charge is 2.26. The molecule has 1 atom stereocenters. The van der Waals surface area contributed by atoms with Gasteiger partial charge in [0.25, 0.3) is 0 Å². The topological polar surface area (TPSA) is 56.0 Å². The Labute approximate surface area is 94.5 Å². The maximum atomic E-state index is 9.55. The molecule has 0 saturated heterocycles. The van der Waals surface area contributed by atoms with Crippen LogP contribution in [0.4, 0.5) is 0 Å². The zero-order chi connectivity index (χ0) is 10.7. The van der Waals surface area contributed by atoms with Crippen molar-refractivity contribution in [2.24, 2.45) is 0 Å². The van der Waals surface area contributed by atoms with Gasteiger partial charge in [-0.25, -0.2) is 0 Å². The van der Waals surface area contributed by atoms with Crippen LogP contribution in [0.1, 0.15) is 32.1 Å². The fourth-order valence-electron chi connectivity index (χ4n) is 2.15. The van der Waals surface area contributed by atoms with Crippen LogP contribution in [-0.4, -0.2) is 23.0 Å². The fourth-order valence-corrected chi connectivity index (χ4v) is 3.23. The molecule has 15 heavy (non-hydrogen) atoms. The maximum absolute atomic E-state index is 9.55. The van der Waals surface area contributed by atoms with E-state index in [4.69, 9.17) is 5.26 Å². The van der Waals surface area contributed by atoms with Crippen molar-refractivity contribution in [3.8, 4) is 6.07 Å². The van der Waals surface area contributed by atoms with E-state index in [0.29, 0.717) is 17.4 Å². The number of hydrogen-bond donors (Lipinski definition) is 2. The Hall–Kier alpha value is -0.660. The molecule has 0 radical (unpaired) electrons. The molecule has 0 bridgehead atoms. The van der Waals surface area contributed by atoms with Crippen molar-refractivity contribution in [3.63, 3.8) is 0 Å². The van der Waals surface area contributed by atoms with Crippen LogP contribution in [0.5, 0.6) is 0 Å². The predicted octanol–water partition coefficient (Wildman–Crippen LogP) is 1.75. The number of aliphatic hydroxyl groups is 1. The van der Waals surface area contributed by atoms with Crippen molar-refractivity contribution in [2.45, 2.75) is 44.2 Å². The first-order chi connectivity index (χ1) is 7.31. The molecule has 1 fully saturated rings. The second-order valence-electron chi connectivity index (χ2n) is 4.16. The first kappa shape index (κ1) is 10.8. The molecular formula is C11H16N2OS. The molecule has 82 valence electrons. The van der Waals surface area contributed by atoms with Gasteiger partial charge in [-0.15, -0.1) is 11.8 Å². The van der Waals surface area contributed by atoms with Gasteiger partial charge in [-0.1, -0.05) is 19.3 Å². The molecule has 0 aromatic carbocycles. The molecule has 3 nitrogen and oxygen atoms in total. The molecule has 4 heteroatoms. The molecule has 0 amide bonds. The minimum absolute atomic E-state index is 0.509. The largest absolute Gasteiger partial charge is 0.387 e. The van der Waals surface area contributed by atoms with Crippen molar-refractivity contribution in [3.05, 3.63) is 10.6 Å². The van der Waals surface area contributed by atoms with Crippen LogP contribution < -0.4 is 5.32 Å². The van der Waals surface area contributed by atoms with E-state index in [1.807, 2.05) is 0 Å². The Bertz CT molecular complexity index is 302. The third-order valence-corrected chi connectivity index (χ3v) is 4.13. The summed E-state index contributed by atoms with van der Waals surface area (Å²) < 4.78 is 0. The van der Waals surface area contributed by atoms with E-state index in [0.717, 1.165) is 5.03 Å². The third-order valence-electron chi connectivity index (χ3n) is 3.02. The lowest BCUT2D eigenvalue weighted by Gasteiger charge is -2.24. The second kappa shape index (κ2) is 4.91. The highest BCUT2D eigenvalue weighted by Crippen LogP contribution is 2.31. The molecule has 2 aliphatic rings. The van der Waals surface area contributed by atoms with Crippen LogP contribution in [0.25, 0.3) is 0 Å². The van der Waals surface area contributed by atoms with Crippen LogP contribution in [0, 0.1) is 11.3 Å². The number of hydrogen-bond acceptors (Lipinski definition) is 4. The summed E-state index contributed by atoms with van der Waals surface area (Å²) in [6.45, 7) is 0. The smallest absolute Gasteiger partial charge is 0.101 e. The number of thioether (sulfide) groups is 1. The van der Waals surface area contributed by atoms with E-state index in [1.54, 1.807) is 11.8 Å². The summed E-state index contributed by atoms with van der Waals surface area (Å²) in [5, 5.41) is 22.8. The molecule has 1 heterocycles. The summed E-state index contributed by atoms with van der Waals surface area (Å²) in [6, 6.07) is 2.61. The molecular weight excluding hydrogens is 208 g/mol. The van der Waals surface area contributed by atoms with Crippen molar-refractivity contribution >= 4 is 11.8 Å². The molecule has 1 unspecified atom stereocenters. The van der Waals surface area contributed by atoms with E-state index < -0.39 is 6.10 Å². The van der Waals surface area contributed by atoms with Crippen molar-refractivity contribution in [1.82, 2.24) is 5.32 Å². The Morgan fingerprint density at radius 2 is 2.07 bits per heavy atom. The van der Waals surface area contributed by atoms with Gasteiger partial charge in [0.05, 0.1) is 10.6 Å². The summed E-state index contributed by atoms with van der Waals surface area (Å²) in [4.78, 5) is 0. The van der Waals surface area contributed by atoms with Gasteiger partial charge >= 0.3 is 0 Å². The van der Waals surface area contributed by atoms with Crippen LogP contribution in [-0.2, 0) is 0 Å². The van der Waals surface area contributed by atoms with Crippen molar-refractivity contribution in [1.29, 1.82) is 5.26 Å². The number of aliphatic hydroxyl groups excluding tert-OH is 1. The number of nitrogens with one attached hydrogen (secondary N) is 1. The molecule has 2 rings (SSSR count). The monoisotopic (exact) mass is 224 g/mol. The van der Waals surface area contributed by atoms with E-state index in [2.05, 4.69) is 11.4 Å². The Morgan fingerprint density at radius 1 is 1.33 bits per heavy atom. The van der Waals surface area contributed by atoms with Gasteiger partial charge in [0.1, 0.15) is 12.2 Å². The number of rotatable bonds is 2. The first-order valence-corrected chi connectivity index (χ1v) is 6.51. The Morgan fingerprint density at radius 3 is 2.73 bits per heavy atom. The number of nitriles is 1. The normalized spacial score (nSPS) is 27.9. The molecule has 0 aromatic rings. The molecule has 0 aromatic heterocycles. The van der Waals surface area contributed by atoms with Gasteiger partial charge < -0.3 is 10.4 Å². The SMILES string of the molecule is N#CC1=C(NC2CCCCC2)SCC1O. The van der Waals surface area contributed by atoms with E-state index in [1.165, 1.54) is 32.1 Å². The summed E-state index contributed by atoms with van der Waals surface area (Å²) in [6.07, 6.45) is 5.71. The first-order valence-electron chi connectivity index (χ1n) is 5.53. The van der Waals surface area contributed by atoms with Crippen LogP contribution in [0.15, 0.2) is 10.6 Å². The lowest BCUT2D eigenvalue weighted by atomic mass is 9.95. The second-order valence-corrected chi connectivity index (χ2v) is 5.19. The van der Waals surface area contributed by atoms with E-state index in [9.17, 15) is 5.11 Å². The predicted molar refractivity (Wildman–Crippen MR) is 61.1 cm³/mol. The standard InChI is InChI=1S/C11H16N2OS/c12-6-9-10(14)7-15-11(9)13-8-4-2-1-3-5-8/h8,10,13-14H,1-5,7H2. The highest BCUT2D eigenvalue weighted by molar-refractivity contribution is 8.03. The molecule has 0 spiro atoms. The Kier molecular flexibility index (Phi) is 3.55. The number of nitrogens with zero attached hydrogens (tertiary/aromatic N) is 1. The van der Waals surface area contributed by atoms with Gasteiger partial charge in [-0.05, 0) is 12.8 Å². The fraction of sp³-hybridized carbons (Fsp3) is 0.727. The summed E-state index contributed by atoms with van der Waals surface area (Å²) >= 11 is 1.57. The average molecular weight is 224 g/mol. The minimum atomic E-state index is -0.564. The van der Waals surface area contributed by atoms with Gasteiger partial charge in [-0.2, -0.15) is 5.26 Å². The van der Waals surface area contributed by atoms with Gasteiger partial charge in [0, 0.05) is 11.8 Å². The molecule has 2 N–H and O–H groups in total. The zero-order valence-corrected chi connectivity index (χ0v) is 9.52. The van der Waals surface area contributed by atoms with Gasteiger partial charge in [0.15, 0.2) is 0 Å². The molecule has 1 saturated carbocycles. The van der Waals surface area contributed by atoms with Crippen LogP contribution in [0.2, 0.25) is 0 Å². The lowest BCUT2D eigenvalue weighted by molar-refractivity contribution is 0.242. The third kappa shape index (κ3) is 2.47. The van der Waals surface area contributed by atoms with Crippen LogP contribution in [0.3, 0.4) is 0 Å². The minimum Gasteiger partial charge on any atom is -0.387 e. The summed E-state index contributed by atoms with van der Waals surface area (Å²) in [5.41, 5.74) is 0.533. The highest BCUT2D eigenvalue weighted by atomic mass is 32.2. The molecule has 1 aliphatic carbocycles. The van der Waals surface area contributed by atoms with Gasteiger partial charge in [0.2, 0.25) is 0 Å². The van der Waals surface area contributed by atoms with Gasteiger partial charge in [-0.3, -0.25) is 0 Å². The quantitative estimate of drug-likeness (QED) is 0.750. The van der Waals surface area contributed by atoms with E-state index in [-0.39, 0.29) is 0 Å². The van der Waals surface area contributed by atoms with Crippen molar-refractivity contribution in [2.75, 3.05) is 5.75 Å². The summed E-state index contributed by atoms with van der Waals surface area (Å²) in [7, 11) is 0. The maximum Gasteiger partial charge on any atom is 0.101 e.